The van der Waals surface area contributed by atoms with Gasteiger partial charge < -0.3 is 20.1 Å². The molecule has 2 amide bonds. The highest BCUT2D eigenvalue weighted by atomic mass is 32.2. The zero-order valence-corrected chi connectivity index (χ0v) is 19.9. The van der Waals surface area contributed by atoms with Gasteiger partial charge in [0.2, 0.25) is 0 Å². The van der Waals surface area contributed by atoms with Gasteiger partial charge in [-0.15, -0.1) is 0 Å². The molecule has 1 heterocycles. The molecule has 0 radical (unpaired) electrons. The molecule has 0 saturated carbocycles. The van der Waals surface area contributed by atoms with E-state index in [1.54, 1.807) is 43.3 Å². The zero-order valence-electron chi connectivity index (χ0n) is 19.1. The number of carbonyl (C=O) groups is 2. The maximum absolute atomic E-state index is 13.2. The van der Waals surface area contributed by atoms with Gasteiger partial charge in [-0.25, -0.2) is 18.0 Å². The average molecular weight is 473 g/mol. The first-order chi connectivity index (χ1) is 15.7. The molecule has 2 N–H and O–H groups in total. The summed E-state index contributed by atoms with van der Waals surface area (Å²) in [6.45, 7) is 7.66. The summed E-state index contributed by atoms with van der Waals surface area (Å²) in [4.78, 5) is 25.6. The molecular weight excluding hydrogens is 444 g/mol. The summed E-state index contributed by atoms with van der Waals surface area (Å²) < 4.78 is 37.4. The number of aryl methyl sites for hydroxylation is 2. The van der Waals surface area contributed by atoms with Gasteiger partial charge in [0.25, 0.3) is 0 Å². The molecule has 176 valence electrons. The van der Waals surface area contributed by atoms with Crippen LogP contribution in [0, 0.1) is 13.8 Å². The van der Waals surface area contributed by atoms with Crippen LogP contribution < -0.4 is 15.4 Å². The predicted octanol–water partition coefficient (Wildman–Crippen LogP) is 3.35. The first-order valence-corrected chi connectivity index (χ1v) is 12.3. The van der Waals surface area contributed by atoms with E-state index in [0.29, 0.717) is 17.9 Å². The highest BCUT2D eigenvalue weighted by molar-refractivity contribution is 7.91. The summed E-state index contributed by atoms with van der Waals surface area (Å²) in [5.41, 5.74) is 2.32. The molecular formula is C24H28N2O6S. The number of sulfone groups is 1. The van der Waals surface area contributed by atoms with Gasteiger partial charge in [0, 0.05) is 11.3 Å². The van der Waals surface area contributed by atoms with Crippen molar-refractivity contribution < 1.29 is 27.5 Å². The van der Waals surface area contributed by atoms with E-state index in [0.717, 1.165) is 11.1 Å². The Kier molecular flexibility index (Phi) is 7.43. The van der Waals surface area contributed by atoms with Crippen LogP contribution in [0.5, 0.6) is 5.75 Å². The molecule has 9 heteroatoms. The molecule has 1 aliphatic rings. The van der Waals surface area contributed by atoms with E-state index >= 15 is 0 Å². The van der Waals surface area contributed by atoms with Gasteiger partial charge >= 0.3 is 12.0 Å². The summed E-state index contributed by atoms with van der Waals surface area (Å²) in [6, 6.07) is 10.2. The molecule has 0 aliphatic carbocycles. The zero-order chi connectivity index (χ0) is 24.2. The minimum atomic E-state index is -3.87. The molecule has 0 bridgehead atoms. The van der Waals surface area contributed by atoms with E-state index in [4.69, 9.17) is 9.47 Å². The number of para-hydroxylation sites is 1. The van der Waals surface area contributed by atoms with E-state index in [9.17, 15) is 18.0 Å². The minimum Gasteiger partial charge on any atom is -0.494 e. The summed E-state index contributed by atoms with van der Waals surface area (Å²) >= 11 is 0. The summed E-state index contributed by atoms with van der Waals surface area (Å²) in [7, 11) is -3.87. The SMILES string of the molecule is CCOC(=O)C1=C(CS(=O)(=O)c2ccc(C)c(C)c2)NC(=O)N[C@H]1c1ccccc1OCC. The Hall–Kier alpha value is -3.33. The second kappa shape index (κ2) is 10.1. The number of ether oxygens (including phenoxy) is 2. The average Bonchev–Trinajstić information content (AvgIpc) is 2.75. The third-order valence-corrected chi connectivity index (χ3v) is 6.99. The number of benzene rings is 2. The van der Waals surface area contributed by atoms with Crippen LogP contribution in [0.3, 0.4) is 0 Å². The molecule has 0 aromatic heterocycles. The molecule has 2 aromatic carbocycles. The monoisotopic (exact) mass is 472 g/mol. The van der Waals surface area contributed by atoms with Crippen molar-refractivity contribution in [2.75, 3.05) is 19.0 Å². The Labute approximate surface area is 193 Å². The van der Waals surface area contributed by atoms with Crippen molar-refractivity contribution in [2.45, 2.75) is 38.6 Å². The van der Waals surface area contributed by atoms with E-state index in [1.807, 2.05) is 20.8 Å². The standard InChI is InChI=1S/C24H28N2O6S/c1-5-31-20-10-8-7-9-18(20)22-21(23(27)32-6-2)19(25-24(28)26-22)14-33(29,30)17-12-11-15(3)16(4)13-17/h7-13,22H,5-6,14H2,1-4H3,(H2,25,26,28)/t22-/m0/s1. The molecule has 3 rings (SSSR count). The van der Waals surface area contributed by atoms with Crippen LogP contribution in [0.1, 0.15) is 36.6 Å². The van der Waals surface area contributed by atoms with Crippen LogP contribution in [0.15, 0.2) is 58.6 Å². The number of amides is 2. The van der Waals surface area contributed by atoms with Crippen LogP contribution >= 0.6 is 0 Å². The Morgan fingerprint density at radius 3 is 2.42 bits per heavy atom. The number of urea groups is 1. The minimum absolute atomic E-state index is 0.0215. The summed E-state index contributed by atoms with van der Waals surface area (Å²) in [5.74, 6) is -0.804. The predicted molar refractivity (Wildman–Crippen MR) is 124 cm³/mol. The van der Waals surface area contributed by atoms with Crippen molar-refractivity contribution in [3.05, 3.63) is 70.4 Å². The first kappa shape index (κ1) is 24.3. The lowest BCUT2D eigenvalue weighted by Crippen LogP contribution is -2.47. The van der Waals surface area contributed by atoms with Crippen molar-refractivity contribution >= 4 is 21.8 Å². The van der Waals surface area contributed by atoms with Gasteiger partial charge in [0.15, 0.2) is 9.84 Å². The van der Waals surface area contributed by atoms with Crippen LogP contribution in [-0.4, -0.2) is 39.4 Å². The third-order valence-electron chi connectivity index (χ3n) is 5.35. The number of rotatable bonds is 8. The van der Waals surface area contributed by atoms with Crippen molar-refractivity contribution in [3.63, 3.8) is 0 Å². The lowest BCUT2D eigenvalue weighted by molar-refractivity contribution is -0.139. The highest BCUT2D eigenvalue weighted by Crippen LogP contribution is 2.34. The van der Waals surface area contributed by atoms with Crippen LogP contribution in [-0.2, 0) is 19.4 Å². The number of carbonyl (C=O) groups excluding carboxylic acids is 2. The highest BCUT2D eigenvalue weighted by Gasteiger charge is 2.37. The van der Waals surface area contributed by atoms with E-state index in [1.165, 1.54) is 6.07 Å². The second-order valence-electron chi connectivity index (χ2n) is 7.62. The molecule has 1 aliphatic heterocycles. The second-order valence-corrected chi connectivity index (χ2v) is 9.61. The quantitative estimate of drug-likeness (QED) is 0.570. The first-order valence-electron chi connectivity index (χ1n) is 10.7. The Morgan fingerprint density at radius 2 is 1.76 bits per heavy atom. The van der Waals surface area contributed by atoms with E-state index in [-0.39, 0.29) is 22.8 Å². The molecule has 33 heavy (non-hydrogen) atoms. The number of nitrogens with one attached hydrogen (secondary N) is 2. The smallest absolute Gasteiger partial charge is 0.338 e. The van der Waals surface area contributed by atoms with Gasteiger partial charge in [-0.1, -0.05) is 24.3 Å². The number of esters is 1. The largest absolute Gasteiger partial charge is 0.494 e. The molecule has 0 unspecified atom stereocenters. The van der Waals surface area contributed by atoms with Gasteiger partial charge in [0.05, 0.1) is 35.5 Å². The Balaban J connectivity index is 2.14. The molecule has 2 aromatic rings. The van der Waals surface area contributed by atoms with Crippen molar-refractivity contribution in [1.29, 1.82) is 0 Å². The van der Waals surface area contributed by atoms with E-state index in [2.05, 4.69) is 10.6 Å². The fourth-order valence-corrected chi connectivity index (χ4v) is 5.01. The lowest BCUT2D eigenvalue weighted by Gasteiger charge is -2.30. The molecule has 0 spiro atoms. The maximum Gasteiger partial charge on any atom is 0.338 e. The fourth-order valence-electron chi connectivity index (χ4n) is 3.60. The third kappa shape index (κ3) is 5.36. The Morgan fingerprint density at radius 1 is 1.03 bits per heavy atom. The maximum atomic E-state index is 13.2. The normalized spacial score (nSPS) is 16.1. The fraction of sp³-hybridized carbons (Fsp3) is 0.333. The summed E-state index contributed by atoms with van der Waals surface area (Å²) in [6.07, 6.45) is 0. The van der Waals surface area contributed by atoms with Crippen LogP contribution in [0.2, 0.25) is 0 Å². The van der Waals surface area contributed by atoms with Gasteiger partial charge in [0.1, 0.15) is 5.75 Å². The molecule has 0 fully saturated rings. The molecule has 8 nitrogen and oxygen atoms in total. The Bertz CT molecular complexity index is 1200. The van der Waals surface area contributed by atoms with Gasteiger partial charge in [-0.2, -0.15) is 0 Å². The summed E-state index contributed by atoms with van der Waals surface area (Å²) in [5, 5.41) is 5.23. The molecule has 1 atom stereocenters. The lowest BCUT2D eigenvalue weighted by atomic mass is 9.95. The number of hydrogen-bond acceptors (Lipinski definition) is 6. The van der Waals surface area contributed by atoms with Gasteiger partial charge in [-0.05, 0) is 57.0 Å². The number of hydrogen-bond donors (Lipinski definition) is 2. The van der Waals surface area contributed by atoms with E-state index < -0.39 is 33.6 Å². The van der Waals surface area contributed by atoms with Crippen LogP contribution in [0.25, 0.3) is 0 Å². The van der Waals surface area contributed by atoms with Crippen LogP contribution in [0.4, 0.5) is 4.79 Å². The van der Waals surface area contributed by atoms with Gasteiger partial charge in [-0.3, -0.25) is 0 Å². The van der Waals surface area contributed by atoms with Crippen molar-refractivity contribution in [3.8, 4) is 5.75 Å². The molecule has 0 saturated heterocycles. The van der Waals surface area contributed by atoms with Crippen molar-refractivity contribution in [2.24, 2.45) is 0 Å². The van der Waals surface area contributed by atoms with Crippen molar-refractivity contribution in [1.82, 2.24) is 10.6 Å². The topological polar surface area (TPSA) is 111 Å².